The van der Waals surface area contributed by atoms with Crippen molar-refractivity contribution in [2.24, 2.45) is 11.7 Å². The van der Waals surface area contributed by atoms with Gasteiger partial charge in [-0.3, -0.25) is 4.79 Å². The predicted octanol–water partition coefficient (Wildman–Crippen LogP) is 8.37. The van der Waals surface area contributed by atoms with Gasteiger partial charge in [0.2, 0.25) is 5.91 Å². The standard InChI is InChI=1S/C43H63N3O3/c1-46(2,33-21-9-10-22-34-49-36-37-23-17-18-28-41(37)48-3)32-20-8-6-4-5-7-19-30-45-31-29-40(35-45)43(42(44)47,38-24-13-11-14-25-38)39-26-15-12-16-27-39/h11-18,23-28,40H,4-10,19-22,29-36H2,1-3H3,(H-,44,47)/p+1. The summed E-state index contributed by atoms with van der Waals surface area (Å²) >= 11 is 0. The lowest BCUT2D eigenvalue weighted by molar-refractivity contribution is -0.890. The van der Waals surface area contributed by atoms with E-state index in [1.807, 2.05) is 54.6 Å². The summed E-state index contributed by atoms with van der Waals surface area (Å²) in [5.41, 5.74) is 8.63. The first-order chi connectivity index (χ1) is 23.9. The van der Waals surface area contributed by atoms with Gasteiger partial charge in [0.1, 0.15) is 11.2 Å². The molecule has 0 aromatic heterocycles. The third-order valence-electron chi connectivity index (χ3n) is 10.7. The number of ether oxygens (including phenoxy) is 2. The summed E-state index contributed by atoms with van der Waals surface area (Å²) in [5, 5.41) is 0. The van der Waals surface area contributed by atoms with Gasteiger partial charge in [0.25, 0.3) is 0 Å². The van der Waals surface area contributed by atoms with Crippen molar-refractivity contribution in [2.45, 2.75) is 89.1 Å². The Bertz CT molecular complexity index is 1310. The molecule has 0 saturated carbocycles. The van der Waals surface area contributed by atoms with Crippen LogP contribution in [0.5, 0.6) is 5.75 Å². The Morgan fingerprint density at radius 3 is 1.88 bits per heavy atom. The average Bonchev–Trinajstić information content (AvgIpc) is 3.58. The van der Waals surface area contributed by atoms with Crippen LogP contribution < -0.4 is 10.5 Å². The van der Waals surface area contributed by atoms with E-state index in [2.05, 4.69) is 49.3 Å². The van der Waals surface area contributed by atoms with E-state index >= 15 is 0 Å². The predicted molar refractivity (Wildman–Crippen MR) is 203 cm³/mol. The molecule has 6 heteroatoms. The highest BCUT2D eigenvalue weighted by atomic mass is 16.5. The van der Waals surface area contributed by atoms with Crippen LogP contribution in [-0.2, 0) is 21.6 Å². The van der Waals surface area contributed by atoms with Crippen molar-refractivity contribution >= 4 is 5.91 Å². The number of unbranched alkanes of at least 4 members (excludes halogenated alkanes) is 9. The van der Waals surface area contributed by atoms with Crippen LogP contribution in [-0.4, -0.2) is 75.8 Å². The molecule has 49 heavy (non-hydrogen) atoms. The lowest BCUT2D eigenvalue weighted by Gasteiger charge is -2.37. The number of primary amides is 1. The number of benzene rings is 3. The van der Waals surface area contributed by atoms with Crippen LogP contribution in [0.1, 0.15) is 93.7 Å². The highest BCUT2D eigenvalue weighted by Crippen LogP contribution is 2.43. The summed E-state index contributed by atoms with van der Waals surface area (Å²) in [7, 11) is 6.50. The fourth-order valence-corrected chi connectivity index (χ4v) is 7.89. The van der Waals surface area contributed by atoms with Crippen molar-refractivity contribution in [1.82, 2.24) is 4.90 Å². The second-order valence-electron chi connectivity index (χ2n) is 14.8. The van der Waals surface area contributed by atoms with Crippen LogP contribution >= 0.6 is 0 Å². The minimum absolute atomic E-state index is 0.174. The molecule has 1 unspecified atom stereocenters. The van der Waals surface area contributed by atoms with Crippen LogP contribution in [0.3, 0.4) is 0 Å². The Hall–Kier alpha value is -3.19. The Kier molecular flexibility index (Phi) is 16.1. The van der Waals surface area contributed by atoms with Gasteiger partial charge in [-0.15, -0.1) is 0 Å². The van der Waals surface area contributed by atoms with E-state index in [1.54, 1.807) is 7.11 Å². The van der Waals surface area contributed by atoms with E-state index in [4.69, 9.17) is 15.2 Å². The molecular formula is C43H64N3O3+. The number of rotatable bonds is 24. The van der Waals surface area contributed by atoms with Gasteiger partial charge in [-0.2, -0.15) is 0 Å². The fraction of sp³-hybridized carbons (Fsp3) is 0.558. The highest BCUT2D eigenvalue weighted by Gasteiger charge is 2.49. The minimum Gasteiger partial charge on any atom is -0.496 e. The normalized spacial score (nSPS) is 15.4. The molecule has 3 aromatic carbocycles. The first-order valence-corrected chi connectivity index (χ1v) is 19.0. The molecule has 1 heterocycles. The van der Waals surface area contributed by atoms with Crippen LogP contribution in [0.25, 0.3) is 0 Å². The van der Waals surface area contributed by atoms with Crippen molar-refractivity contribution in [3.63, 3.8) is 0 Å². The molecule has 4 rings (SSSR count). The molecule has 1 fully saturated rings. The number of hydrogen-bond acceptors (Lipinski definition) is 4. The summed E-state index contributed by atoms with van der Waals surface area (Å²) in [4.78, 5) is 15.9. The van der Waals surface area contributed by atoms with E-state index in [1.165, 1.54) is 77.3 Å². The number of amides is 1. The number of nitrogens with zero attached hydrogens (tertiary/aromatic N) is 2. The number of carbonyl (C=O) groups is 1. The van der Waals surface area contributed by atoms with Crippen LogP contribution in [0, 0.1) is 5.92 Å². The summed E-state index contributed by atoms with van der Waals surface area (Å²) in [6, 6.07) is 28.5. The third kappa shape index (κ3) is 11.7. The van der Waals surface area contributed by atoms with Crippen molar-refractivity contribution in [2.75, 3.05) is 60.5 Å². The van der Waals surface area contributed by atoms with Gasteiger partial charge in [-0.1, -0.05) is 111 Å². The Morgan fingerprint density at radius 2 is 1.29 bits per heavy atom. The highest BCUT2D eigenvalue weighted by molar-refractivity contribution is 5.91. The lowest BCUT2D eigenvalue weighted by Crippen LogP contribution is -2.49. The van der Waals surface area contributed by atoms with Gasteiger partial charge >= 0.3 is 0 Å². The number of likely N-dealkylation sites (tertiary alicyclic amines) is 1. The molecule has 1 aliphatic heterocycles. The van der Waals surface area contributed by atoms with Gasteiger partial charge in [0.05, 0.1) is 40.9 Å². The first-order valence-electron chi connectivity index (χ1n) is 19.0. The molecule has 1 amide bonds. The summed E-state index contributed by atoms with van der Waals surface area (Å²) < 4.78 is 12.4. The summed E-state index contributed by atoms with van der Waals surface area (Å²) in [6.07, 6.45) is 15.1. The Labute approximate surface area is 297 Å². The van der Waals surface area contributed by atoms with Gasteiger partial charge in [0.15, 0.2) is 0 Å². The van der Waals surface area contributed by atoms with Crippen LogP contribution in [0.2, 0.25) is 0 Å². The number of quaternary nitrogens is 1. The smallest absolute Gasteiger partial charge is 0.232 e. The minimum atomic E-state index is -0.793. The maximum Gasteiger partial charge on any atom is 0.232 e. The van der Waals surface area contributed by atoms with Gasteiger partial charge < -0.3 is 24.6 Å². The van der Waals surface area contributed by atoms with Crippen molar-refractivity contribution in [3.05, 3.63) is 102 Å². The Morgan fingerprint density at radius 1 is 0.755 bits per heavy atom. The second-order valence-corrected chi connectivity index (χ2v) is 14.8. The largest absolute Gasteiger partial charge is 0.496 e. The summed E-state index contributed by atoms with van der Waals surface area (Å²) in [6.45, 7) is 7.03. The zero-order valence-corrected chi connectivity index (χ0v) is 30.8. The topological polar surface area (TPSA) is 64.8 Å². The number of hydrogen-bond donors (Lipinski definition) is 1. The number of carbonyl (C=O) groups excluding carboxylic acids is 1. The number of para-hydroxylation sites is 1. The zero-order valence-electron chi connectivity index (χ0n) is 30.8. The quantitative estimate of drug-likeness (QED) is 0.0769. The van der Waals surface area contributed by atoms with Gasteiger partial charge in [-0.05, 0) is 81.1 Å². The molecule has 3 aromatic rings. The molecule has 1 saturated heterocycles. The molecule has 6 nitrogen and oxygen atoms in total. The van der Waals surface area contributed by atoms with E-state index in [0.717, 1.165) is 66.0 Å². The number of nitrogens with two attached hydrogens (primary N) is 1. The molecule has 0 spiro atoms. The second kappa shape index (κ2) is 20.5. The van der Waals surface area contributed by atoms with E-state index in [-0.39, 0.29) is 11.8 Å². The first kappa shape index (κ1) is 38.6. The third-order valence-corrected chi connectivity index (χ3v) is 10.7. The molecular weight excluding hydrogens is 606 g/mol. The van der Waals surface area contributed by atoms with Crippen molar-refractivity contribution < 1.29 is 18.8 Å². The lowest BCUT2D eigenvalue weighted by atomic mass is 9.64. The molecule has 0 bridgehead atoms. The van der Waals surface area contributed by atoms with E-state index in [0.29, 0.717) is 6.61 Å². The van der Waals surface area contributed by atoms with Gasteiger partial charge in [-0.25, -0.2) is 0 Å². The summed E-state index contributed by atoms with van der Waals surface area (Å²) in [5.74, 6) is 0.842. The number of methoxy groups -OCH3 is 1. The molecule has 1 aliphatic rings. The molecule has 0 aliphatic carbocycles. The maximum atomic E-state index is 13.3. The molecule has 2 N–H and O–H groups in total. The van der Waals surface area contributed by atoms with Crippen molar-refractivity contribution in [1.29, 1.82) is 0 Å². The zero-order chi connectivity index (χ0) is 34.8. The molecule has 1 atom stereocenters. The maximum absolute atomic E-state index is 13.3. The SMILES string of the molecule is COc1ccccc1COCCCCCC[N+](C)(C)CCCCCCCCCN1CCC(C(C(N)=O)(c2ccccc2)c2ccccc2)C1. The monoisotopic (exact) mass is 670 g/mol. The molecule has 0 radical (unpaired) electrons. The van der Waals surface area contributed by atoms with Crippen LogP contribution in [0.4, 0.5) is 0 Å². The van der Waals surface area contributed by atoms with Crippen molar-refractivity contribution in [3.8, 4) is 5.75 Å². The fourth-order valence-electron chi connectivity index (χ4n) is 7.89. The molecule has 268 valence electrons. The van der Waals surface area contributed by atoms with Crippen LogP contribution in [0.15, 0.2) is 84.9 Å². The van der Waals surface area contributed by atoms with Gasteiger partial charge in [0, 0.05) is 18.7 Å². The van der Waals surface area contributed by atoms with E-state index < -0.39 is 5.41 Å². The Balaban J connectivity index is 1.03. The van der Waals surface area contributed by atoms with E-state index in [9.17, 15) is 4.79 Å². The average molecular weight is 671 g/mol.